The van der Waals surface area contributed by atoms with Crippen molar-refractivity contribution < 1.29 is 57.8 Å². The fourth-order valence-corrected chi connectivity index (χ4v) is 7.67. The van der Waals surface area contributed by atoms with Crippen LogP contribution in [0.3, 0.4) is 0 Å². The molecular weight excluding hydrogens is 782 g/mol. The summed E-state index contributed by atoms with van der Waals surface area (Å²) in [4.78, 5) is 11.8. The summed E-state index contributed by atoms with van der Waals surface area (Å²) in [5.41, 5.74) is 9.22. The Bertz CT molecular complexity index is 2890. The van der Waals surface area contributed by atoms with Gasteiger partial charge in [-0.25, -0.2) is 4.98 Å². The molecule has 0 atom stereocenters. The molecule has 11 nitrogen and oxygen atoms in total. The summed E-state index contributed by atoms with van der Waals surface area (Å²) in [5.74, 6) is 3.84. The first kappa shape index (κ1) is 42.3. The molecule has 0 amide bonds. The Morgan fingerprint density at radius 2 is 0.968 bits per heavy atom. The van der Waals surface area contributed by atoms with E-state index in [1.165, 1.54) is 0 Å². The number of aromatic hydroxyl groups is 1. The van der Waals surface area contributed by atoms with E-state index < -0.39 is 0 Å². The molecule has 0 spiro atoms. The van der Waals surface area contributed by atoms with Crippen LogP contribution in [0.2, 0.25) is 0 Å². The van der Waals surface area contributed by atoms with Crippen molar-refractivity contribution in [2.24, 2.45) is 0 Å². The number of oxazole rings is 2. The average Bonchev–Trinajstić information content (AvgIpc) is 3.92. The van der Waals surface area contributed by atoms with Gasteiger partial charge in [-0.1, -0.05) is 78.5 Å². The molecule has 4 heterocycles. The number of hydrogen-bond acceptors (Lipinski definition) is 10. The van der Waals surface area contributed by atoms with E-state index in [0.29, 0.717) is 34.1 Å². The van der Waals surface area contributed by atoms with Gasteiger partial charge in [-0.3, -0.25) is 0 Å². The Morgan fingerprint density at radius 1 is 0.508 bits per heavy atom. The maximum absolute atomic E-state index is 13.0. The van der Waals surface area contributed by atoms with Gasteiger partial charge in [0.2, 0.25) is 17.0 Å². The van der Waals surface area contributed by atoms with Gasteiger partial charge in [0.25, 0.3) is 0 Å². The van der Waals surface area contributed by atoms with Gasteiger partial charge in [0.1, 0.15) is 11.3 Å². The summed E-state index contributed by atoms with van der Waals surface area (Å²) in [6, 6.07) is 57.3. The van der Waals surface area contributed by atoms with Gasteiger partial charge >= 0.3 is 24.8 Å². The third-order valence-corrected chi connectivity index (χ3v) is 10.4. The summed E-state index contributed by atoms with van der Waals surface area (Å²) in [7, 11) is 0. The molecule has 0 saturated heterocycles. The van der Waals surface area contributed by atoms with Crippen molar-refractivity contribution in [2.45, 2.75) is 0 Å². The first-order valence-corrected chi connectivity index (χ1v) is 19.3. The Kier molecular flexibility index (Phi) is 11.8. The molecule has 3 N–H and O–H groups in total. The predicted octanol–water partition coefficient (Wildman–Crippen LogP) is 8.79. The molecular formula is C50H33Li2N4O7-. The Morgan fingerprint density at radius 3 is 1.48 bits per heavy atom. The number of nitrogens with one attached hydrogen (secondary N) is 1. The number of phenolic OH excluding ortho intramolecular Hbond substituents is 1. The first-order chi connectivity index (χ1) is 29.6. The molecule has 2 aliphatic heterocycles. The molecule has 12 rings (SSSR count). The largest absolute Gasteiger partial charge is 1.00 e. The monoisotopic (exact) mass is 815 g/mol. The number of ether oxygens (including phenoxy) is 2. The molecule has 0 fully saturated rings. The minimum atomic E-state index is -0.121. The van der Waals surface area contributed by atoms with E-state index >= 15 is 0 Å². The van der Waals surface area contributed by atoms with Gasteiger partial charge in [-0.2, -0.15) is 4.98 Å². The van der Waals surface area contributed by atoms with Crippen LogP contribution < -0.4 is 48.2 Å². The molecule has 63 heavy (non-hydrogen) atoms. The molecule has 13 heteroatoms. The van der Waals surface area contributed by atoms with E-state index in [-0.39, 0.29) is 54.7 Å². The van der Waals surface area contributed by atoms with Gasteiger partial charge in [0.05, 0.1) is 39.6 Å². The number of anilines is 6. The van der Waals surface area contributed by atoms with Gasteiger partial charge in [-0.15, -0.1) is 0 Å². The van der Waals surface area contributed by atoms with Crippen molar-refractivity contribution in [3.63, 3.8) is 0 Å². The standard InChI is InChI=1S/2C25H16N2O3.2Li.H2O/c2*28-21-15-16(13-14-17(21)25-26-18-7-1-4-10-22(18)30-25)27-19-8-2-5-11-23(19)29-24-12-6-3-9-20(24)27;;;/h2*1-15,28H;;;1H2/q;;-1;+1;/p-1. The second-order valence-corrected chi connectivity index (χ2v) is 14.2. The van der Waals surface area contributed by atoms with Crippen molar-refractivity contribution in [2.75, 3.05) is 9.80 Å². The van der Waals surface area contributed by atoms with E-state index in [1.54, 1.807) is 18.2 Å². The first-order valence-electron chi connectivity index (χ1n) is 19.3. The van der Waals surface area contributed by atoms with E-state index in [0.717, 1.165) is 68.2 Å². The summed E-state index contributed by atoms with van der Waals surface area (Å²) < 4.78 is 23.8. The maximum atomic E-state index is 13.0. The number of aromatic amines is 1. The maximum Gasteiger partial charge on any atom is 1.00 e. The van der Waals surface area contributed by atoms with Crippen LogP contribution in [-0.4, -0.2) is 34.4 Å². The van der Waals surface area contributed by atoms with Gasteiger partial charge < -0.3 is 62.7 Å². The molecule has 0 saturated carbocycles. The third kappa shape index (κ3) is 7.66. The summed E-state index contributed by atoms with van der Waals surface area (Å²) >= 11 is 0. The molecule has 10 aromatic rings. The van der Waals surface area contributed by atoms with Crippen LogP contribution in [0.25, 0.3) is 45.1 Å². The summed E-state index contributed by atoms with van der Waals surface area (Å²) in [6.45, 7) is 0. The average molecular weight is 816 g/mol. The normalized spacial score (nSPS) is 11.7. The van der Waals surface area contributed by atoms with Crippen LogP contribution in [0.15, 0.2) is 191 Å². The van der Waals surface area contributed by atoms with E-state index in [1.807, 2.05) is 169 Å². The van der Waals surface area contributed by atoms with Crippen molar-refractivity contribution in [3.8, 4) is 57.4 Å². The zero-order chi connectivity index (χ0) is 40.2. The van der Waals surface area contributed by atoms with Crippen molar-refractivity contribution >= 4 is 75.2 Å². The van der Waals surface area contributed by atoms with Gasteiger partial charge in [-0.05, 0) is 97.1 Å². The molecule has 0 bridgehead atoms. The zero-order valence-corrected chi connectivity index (χ0v) is 34.1. The third-order valence-electron chi connectivity index (χ3n) is 10.4. The summed E-state index contributed by atoms with van der Waals surface area (Å²) in [6.07, 6.45) is 0. The number of phenols is 1. The van der Waals surface area contributed by atoms with Crippen LogP contribution in [0.4, 0.5) is 34.1 Å². The molecule has 2 radical (unpaired) electrons. The van der Waals surface area contributed by atoms with Crippen LogP contribution >= 0.6 is 0 Å². The Hall–Kier alpha value is -7.35. The number of fused-ring (bicyclic) bond motifs is 6. The molecule has 2 aliphatic rings. The van der Waals surface area contributed by atoms with Gasteiger partial charge in [0.15, 0.2) is 28.6 Å². The molecule has 2 aromatic heterocycles. The van der Waals surface area contributed by atoms with Crippen LogP contribution in [0, 0.1) is 0 Å². The molecule has 8 aromatic carbocycles. The second kappa shape index (κ2) is 17.6. The topological polar surface area (TPSA) is 152 Å². The quantitative estimate of drug-likeness (QED) is 0.171. The number of rotatable bonds is 4. The van der Waals surface area contributed by atoms with Crippen LogP contribution in [0.1, 0.15) is 0 Å². The second-order valence-electron chi connectivity index (χ2n) is 14.2. The summed E-state index contributed by atoms with van der Waals surface area (Å²) in [5, 5.41) is 23.9. The van der Waals surface area contributed by atoms with Crippen LogP contribution in [0.5, 0.6) is 34.5 Å². The molecule has 0 aliphatic carbocycles. The SMILES string of the molecule is Oc1cc(N2c3ccccc3Oc3ccccc32)ccc1-c1nc2ccccc2o1.[Li+].[Li-].[O-]c1cc(N2c3ccccc3Oc3ccccc32)ccc1-c1[nH+]c2ccccc2o1.[OH-]. The number of hydrogen-bond donors (Lipinski definition) is 1. The van der Waals surface area contributed by atoms with Crippen LogP contribution in [-0.2, 0) is 0 Å². The number of aromatic nitrogens is 2. The smallest absolute Gasteiger partial charge is 1.00 e. The minimum Gasteiger partial charge on any atom is -1.00 e. The Labute approximate surface area is 385 Å². The number of H-pyrrole nitrogens is 1. The fraction of sp³-hybridized carbons (Fsp3) is 0. The molecule has 0 unspecified atom stereocenters. The van der Waals surface area contributed by atoms with E-state index in [9.17, 15) is 10.2 Å². The van der Waals surface area contributed by atoms with Crippen molar-refractivity contribution in [1.29, 1.82) is 0 Å². The van der Waals surface area contributed by atoms with E-state index in [2.05, 4.69) is 14.9 Å². The number of benzene rings is 8. The van der Waals surface area contributed by atoms with E-state index in [4.69, 9.17) is 18.3 Å². The van der Waals surface area contributed by atoms with Crippen molar-refractivity contribution in [3.05, 3.63) is 182 Å². The number of para-hydroxylation sites is 12. The zero-order valence-electron chi connectivity index (χ0n) is 34.1. The predicted molar refractivity (Wildman–Crippen MR) is 236 cm³/mol. The Balaban J connectivity index is 0.000000165. The van der Waals surface area contributed by atoms with Gasteiger partial charge in [0, 0.05) is 17.8 Å². The number of nitrogens with zero attached hydrogens (tertiary/aromatic N) is 3. The van der Waals surface area contributed by atoms with Crippen molar-refractivity contribution in [1.82, 2.24) is 4.98 Å². The fourth-order valence-electron chi connectivity index (χ4n) is 7.67. The molecule has 298 valence electrons. The minimum absolute atomic E-state index is 0.